The van der Waals surface area contributed by atoms with Crippen molar-refractivity contribution >= 4 is 29.3 Å². The van der Waals surface area contributed by atoms with E-state index in [0.717, 1.165) is 48.0 Å². The van der Waals surface area contributed by atoms with Crippen molar-refractivity contribution in [3.63, 3.8) is 0 Å². The van der Waals surface area contributed by atoms with Crippen molar-refractivity contribution in [3.05, 3.63) is 52.8 Å². The molecule has 1 fully saturated rings. The van der Waals surface area contributed by atoms with E-state index in [4.69, 9.17) is 16.7 Å². The number of aromatic nitrogens is 2. The van der Waals surface area contributed by atoms with E-state index in [2.05, 4.69) is 5.10 Å². The van der Waals surface area contributed by atoms with Crippen LogP contribution in [-0.2, 0) is 17.1 Å². The monoisotopic (exact) mass is 393 g/mol. The lowest BCUT2D eigenvalue weighted by molar-refractivity contribution is -0.129. The van der Waals surface area contributed by atoms with Gasteiger partial charge in [-0.05, 0) is 30.5 Å². The molecule has 1 aromatic heterocycles. The Morgan fingerprint density at radius 2 is 2.19 bits per heavy atom. The van der Waals surface area contributed by atoms with E-state index in [0.29, 0.717) is 12.3 Å². The minimum absolute atomic E-state index is 0.0824. The second-order valence-corrected chi connectivity index (χ2v) is 7.88. The normalized spacial score (nSPS) is 17.5. The fraction of sp³-hybridized carbons (Fsp3) is 0.474. The Bertz CT molecular complexity index is 737. The van der Waals surface area contributed by atoms with Crippen molar-refractivity contribution < 1.29 is 9.90 Å². The van der Waals surface area contributed by atoms with Crippen molar-refractivity contribution in [2.24, 2.45) is 0 Å². The zero-order valence-corrected chi connectivity index (χ0v) is 16.3. The van der Waals surface area contributed by atoms with Gasteiger partial charge in [-0.15, -0.1) is 11.8 Å². The van der Waals surface area contributed by atoms with Gasteiger partial charge in [-0.3, -0.25) is 9.48 Å². The van der Waals surface area contributed by atoms with Gasteiger partial charge in [-0.1, -0.05) is 29.8 Å². The summed E-state index contributed by atoms with van der Waals surface area (Å²) in [6.07, 6.45) is 3.94. The average Bonchev–Trinajstić information content (AvgIpc) is 3.12. The van der Waals surface area contributed by atoms with Crippen LogP contribution in [0.4, 0.5) is 0 Å². The topological polar surface area (TPSA) is 58.4 Å². The number of carbonyl (C=O) groups is 1. The number of amides is 1. The Kier molecular flexibility index (Phi) is 7.00. The minimum atomic E-state index is 0.0824. The Morgan fingerprint density at radius 3 is 3.00 bits per heavy atom. The molecule has 26 heavy (non-hydrogen) atoms. The maximum atomic E-state index is 12.6. The molecule has 0 aliphatic carbocycles. The van der Waals surface area contributed by atoms with E-state index in [1.54, 1.807) is 16.4 Å². The summed E-state index contributed by atoms with van der Waals surface area (Å²) < 4.78 is 1.76. The van der Waals surface area contributed by atoms with Crippen LogP contribution >= 0.6 is 23.4 Å². The SMILES string of the molecule is O=C(CSCc1ccccc1Cl)N1CCC[C@H](c2ccn(CCO)n2)C1. The summed E-state index contributed by atoms with van der Waals surface area (Å²) in [5.74, 6) is 1.67. The van der Waals surface area contributed by atoms with Crippen LogP contribution in [0.15, 0.2) is 36.5 Å². The maximum absolute atomic E-state index is 12.6. The van der Waals surface area contributed by atoms with Crippen LogP contribution in [0, 0.1) is 0 Å². The summed E-state index contributed by atoms with van der Waals surface area (Å²) >= 11 is 7.77. The highest BCUT2D eigenvalue weighted by atomic mass is 35.5. The lowest BCUT2D eigenvalue weighted by atomic mass is 9.95. The lowest BCUT2D eigenvalue weighted by Gasteiger charge is -2.32. The van der Waals surface area contributed by atoms with Crippen LogP contribution in [0.1, 0.15) is 30.0 Å². The van der Waals surface area contributed by atoms with E-state index in [1.165, 1.54) is 0 Å². The molecule has 0 unspecified atom stereocenters. The van der Waals surface area contributed by atoms with E-state index in [-0.39, 0.29) is 18.4 Å². The summed E-state index contributed by atoms with van der Waals surface area (Å²) in [5.41, 5.74) is 2.08. The molecule has 1 aromatic carbocycles. The molecule has 1 atom stereocenters. The van der Waals surface area contributed by atoms with Gasteiger partial charge in [0.15, 0.2) is 0 Å². The minimum Gasteiger partial charge on any atom is -0.394 e. The molecule has 2 heterocycles. The standard InChI is InChI=1S/C19H24ClN3O2S/c20-17-6-2-1-4-16(17)13-26-14-19(25)22-8-3-5-15(12-22)18-7-9-23(21-18)10-11-24/h1-2,4,6-7,9,15,24H,3,5,8,10-14H2/t15-/m0/s1. The van der Waals surface area contributed by atoms with Crippen molar-refractivity contribution in [3.8, 4) is 0 Å². The van der Waals surface area contributed by atoms with E-state index >= 15 is 0 Å². The molecular weight excluding hydrogens is 370 g/mol. The molecule has 5 nitrogen and oxygen atoms in total. The van der Waals surface area contributed by atoms with Crippen LogP contribution in [0.5, 0.6) is 0 Å². The van der Waals surface area contributed by atoms with Gasteiger partial charge in [-0.25, -0.2) is 0 Å². The maximum Gasteiger partial charge on any atom is 0.232 e. The van der Waals surface area contributed by atoms with Crippen LogP contribution in [-0.4, -0.2) is 51.1 Å². The summed E-state index contributed by atoms with van der Waals surface area (Å²) in [7, 11) is 0. The number of hydrogen-bond donors (Lipinski definition) is 1. The number of aliphatic hydroxyl groups is 1. The van der Waals surface area contributed by atoms with Gasteiger partial charge in [0.25, 0.3) is 0 Å². The first kappa shape index (κ1) is 19.3. The third-order valence-electron chi connectivity index (χ3n) is 4.62. The van der Waals surface area contributed by atoms with Crippen LogP contribution < -0.4 is 0 Å². The number of carbonyl (C=O) groups excluding carboxylic acids is 1. The van der Waals surface area contributed by atoms with Crippen molar-refractivity contribution in [1.29, 1.82) is 0 Å². The first-order valence-electron chi connectivity index (χ1n) is 8.90. The second-order valence-electron chi connectivity index (χ2n) is 6.49. The zero-order chi connectivity index (χ0) is 18.4. The number of halogens is 1. The summed E-state index contributed by atoms with van der Waals surface area (Å²) in [5, 5.41) is 14.3. The molecule has 1 N–H and O–H groups in total. The Balaban J connectivity index is 1.50. The third kappa shape index (κ3) is 5.02. The number of aliphatic hydroxyl groups excluding tert-OH is 1. The number of hydrogen-bond acceptors (Lipinski definition) is 4. The summed E-state index contributed by atoms with van der Waals surface area (Å²) in [6.45, 7) is 2.13. The highest BCUT2D eigenvalue weighted by Gasteiger charge is 2.26. The van der Waals surface area contributed by atoms with E-state index < -0.39 is 0 Å². The average molecular weight is 394 g/mol. The molecule has 0 spiro atoms. The Hall–Kier alpha value is -1.50. The molecule has 140 valence electrons. The third-order valence-corrected chi connectivity index (χ3v) is 5.96. The van der Waals surface area contributed by atoms with Crippen molar-refractivity contribution in [1.82, 2.24) is 14.7 Å². The number of thioether (sulfide) groups is 1. The van der Waals surface area contributed by atoms with E-state index in [1.807, 2.05) is 41.4 Å². The molecule has 0 radical (unpaired) electrons. The van der Waals surface area contributed by atoms with Gasteiger partial charge in [-0.2, -0.15) is 5.10 Å². The molecule has 1 aliphatic rings. The fourth-order valence-electron chi connectivity index (χ4n) is 3.22. The van der Waals surface area contributed by atoms with Gasteiger partial charge in [0.1, 0.15) is 0 Å². The molecular formula is C19H24ClN3O2S. The molecule has 3 rings (SSSR count). The quantitative estimate of drug-likeness (QED) is 0.784. The molecule has 1 saturated heterocycles. The summed E-state index contributed by atoms with van der Waals surface area (Å²) in [6, 6.07) is 9.76. The van der Waals surface area contributed by atoms with Gasteiger partial charge >= 0.3 is 0 Å². The van der Waals surface area contributed by atoms with Crippen LogP contribution in [0.25, 0.3) is 0 Å². The van der Waals surface area contributed by atoms with Gasteiger partial charge in [0.05, 0.1) is 24.6 Å². The highest BCUT2D eigenvalue weighted by Crippen LogP contribution is 2.27. The molecule has 7 heteroatoms. The number of benzene rings is 1. The van der Waals surface area contributed by atoms with Crippen LogP contribution in [0.2, 0.25) is 5.02 Å². The predicted octanol–water partition coefficient (Wildman–Crippen LogP) is 3.17. The smallest absolute Gasteiger partial charge is 0.232 e. The molecule has 0 saturated carbocycles. The number of piperidine rings is 1. The molecule has 1 aliphatic heterocycles. The lowest BCUT2D eigenvalue weighted by Crippen LogP contribution is -2.40. The Labute approximate surface area is 163 Å². The first-order chi connectivity index (χ1) is 12.7. The molecule has 1 amide bonds. The van der Waals surface area contributed by atoms with E-state index in [9.17, 15) is 4.79 Å². The second kappa shape index (κ2) is 9.44. The van der Waals surface area contributed by atoms with Gasteiger partial charge < -0.3 is 10.0 Å². The molecule has 0 bridgehead atoms. The van der Waals surface area contributed by atoms with Crippen LogP contribution in [0.3, 0.4) is 0 Å². The number of nitrogens with zero attached hydrogens (tertiary/aromatic N) is 3. The van der Waals surface area contributed by atoms with Gasteiger partial charge in [0, 0.05) is 36.0 Å². The van der Waals surface area contributed by atoms with Crippen molar-refractivity contribution in [2.75, 3.05) is 25.4 Å². The largest absolute Gasteiger partial charge is 0.394 e. The Morgan fingerprint density at radius 1 is 1.35 bits per heavy atom. The summed E-state index contributed by atoms with van der Waals surface area (Å²) in [4.78, 5) is 14.5. The van der Waals surface area contributed by atoms with Gasteiger partial charge in [0.2, 0.25) is 5.91 Å². The zero-order valence-electron chi connectivity index (χ0n) is 14.7. The highest BCUT2D eigenvalue weighted by molar-refractivity contribution is 7.99. The molecule has 2 aromatic rings. The fourth-order valence-corrected chi connectivity index (χ4v) is 4.43. The van der Waals surface area contributed by atoms with Crippen molar-refractivity contribution in [2.45, 2.75) is 31.1 Å². The first-order valence-corrected chi connectivity index (χ1v) is 10.4. The predicted molar refractivity (Wildman–Crippen MR) is 105 cm³/mol. The number of rotatable bonds is 7. The number of likely N-dealkylation sites (tertiary alicyclic amines) is 1.